The maximum absolute atomic E-state index is 4.16. The van der Waals surface area contributed by atoms with Crippen molar-refractivity contribution in [1.29, 1.82) is 0 Å². The maximum Gasteiger partial charge on any atom is 0.228 e. The van der Waals surface area contributed by atoms with E-state index in [9.17, 15) is 0 Å². The SMILES string of the molecule is CC1=CC2C3B(c4ccc5c6c4N2c2cc4c(cc2C6(C)CCC5(C)C)C(C)(C)CCC4(C)C)c2c(sc4cc5c(cc24)C(C)(C)CCC5(C)C)NC3=C1. The van der Waals surface area contributed by atoms with Gasteiger partial charge < -0.3 is 10.2 Å². The molecule has 278 valence electrons. The molecule has 7 aliphatic rings. The highest BCUT2D eigenvalue weighted by Gasteiger charge is 2.58. The minimum atomic E-state index is -0.0329. The molecule has 4 heteroatoms. The molecule has 1 N–H and O–H groups in total. The smallest absolute Gasteiger partial charge is 0.228 e. The monoisotopic (exact) mass is 730 g/mol. The largest absolute Gasteiger partial charge is 0.351 e. The van der Waals surface area contributed by atoms with Crippen molar-refractivity contribution in [2.24, 2.45) is 0 Å². The van der Waals surface area contributed by atoms with E-state index in [1.807, 2.05) is 11.3 Å². The van der Waals surface area contributed by atoms with Gasteiger partial charge in [-0.2, -0.15) is 0 Å². The average molecular weight is 731 g/mol. The zero-order valence-electron chi connectivity index (χ0n) is 34.9. The van der Waals surface area contributed by atoms with Gasteiger partial charge in [-0.1, -0.05) is 106 Å². The molecule has 3 unspecified atom stereocenters. The van der Waals surface area contributed by atoms with Crippen LogP contribution in [0.4, 0.5) is 16.4 Å². The van der Waals surface area contributed by atoms with Gasteiger partial charge in [0.05, 0.1) is 11.0 Å². The number of allylic oxidation sites excluding steroid dienone is 2. The zero-order chi connectivity index (χ0) is 37.9. The Labute approximate surface area is 329 Å². The standard InChI is InChI=1S/C50H59BN2S/c1-27-21-36-42-38(22-27)53-37-25-32-31(47(6,7)16-17-48(32,8)9)24-34(37)50(12)20-19-45(2,3)29-13-14-35(43(53)40(29)50)51(42)41-28-23-30-33(26-39(28)54-44(41)52-36)49(10,11)18-15-46(30,4)5/h13-14,21-26,38,42,52H,15-20H2,1-12H3. The fourth-order valence-electron chi connectivity index (χ4n) is 12.9. The van der Waals surface area contributed by atoms with Crippen LogP contribution in [-0.4, -0.2) is 12.8 Å². The van der Waals surface area contributed by atoms with Crippen LogP contribution in [-0.2, 0) is 32.5 Å². The first-order valence-electron chi connectivity index (χ1n) is 21.2. The van der Waals surface area contributed by atoms with E-state index in [0.29, 0.717) is 12.5 Å². The van der Waals surface area contributed by atoms with Crippen LogP contribution >= 0.6 is 11.3 Å². The van der Waals surface area contributed by atoms with Gasteiger partial charge in [-0.3, -0.25) is 0 Å². The first kappa shape index (κ1) is 34.0. The van der Waals surface area contributed by atoms with Crippen LogP contribution < -0.4 is 21.1 Å². The number of benzene rings is 3. The summed E-state index contributed by atoms with van der Waals surface area (Å²) >= 11 is 2.01. The molecule has 0 fully saturated rings. The van der Waals surface area contributed by atoms with Crippen LogP contribution in [0.3, 0.4) is 0 Å². The summed E-state index contributed by atoms with van der Waals surface area (Å²) in [5.74, 6) is 0.319. The molecule has 0 saturated heterocycles. The number of rotatable bonds is 0. The fourth-order valence-corrected chi connectivity index (χ4v) is 14.1. The Morgan fingerprint density at radius 1 is 0.667 bits per heavy atom. The average Bonchev–Trinajstić information content (AvgIpc) is 3.46. The lowest BCUT2D eigenvalue weighted by Crippen LogP contribution is -2.64. The molecule has 3 atom stereocenters. The van der Waals surface area contributed by atoms with E-state index in [1.54, 1.807) is 55.6 Å². The maximum atomic E-state index is 4.16. The summed E-state index contributed by atoms with van der Waals surface area (Å²) in [4.78, 5) is 2.90. The first-order chi connectivity index (χ1) is 25.2. The quantitative estimate of drug-likeness (QED) is 0.181. The molecule has 3 aliphatic heterocycles. The van der Waals surface area contributed by atoms with Gasteiger partial charge in [0.1, 0.15) is 0 Å². The van der Waals surface area contributed by atoms with E-state index in [1.165, 1.54) is 70.6 Å². The molecular formula is C50H59BN2S. The summed E-state index contributed by atoms with van der Waals surface area (Å²) in [5.41, 5.74) is 20.9. The van der Waals surface area contributed by atoms with Crippen molar-refractivity contribution in [2.75, 3.05) is 10.2 Å². The number of nitrogens with one attached hydrogen (secondary N) is 1. The molecule has 1 aromatic heterocycles. The Morgan fingerprint density at radius 2 is 1.24 bits per heavy atom. The van der Waals surface area contributed by atoms with Gasteiger partial charge in [0.15, 0.2) is 0 Å². The number of hydrogen-bond donors (Lipinski definition) is 1. The molecule has 4 aliphatic carbocycles. The lowest BCUT2D eigenvalue weighted by molar-refractivity contribution is 0.326. The summed E-state index contributed by atoms with van der Waals surface area (Å²) < 4.78 is 1.46. The summed E-state index contributed by atoms with van der Waals surface area (Å²) in [7, 11) is 0. The molecule has 0 bridgehead atoms. The highest BCUT2D eigenvalue weighted by Crippen LogP contribution is 2.63. The Bertz CT molecular complexity index is 2470. The second-order valence-corrected chi connectivity index (χ2v) is 23.4. The van der Waals surface area contributed by atoms with Crippen molar-refractivity contribution in [3.05, 3.63) is 98.8 Å². The van der Waals surface area contributed by atoms with Crippen LogP contribution in [0.15, 0.2) is 59.8 Å². The fraction of sp³-hybridized carbons (Fsp3) is 0.520. The summed E-state index contributed by atoms with van der Waals surface area (Å²) in [6.45, 7) is 30.2. The van der Waals surface area contributed by atoms with Crippen LogP contribution in [0.2, 0.25) is 5.82 Å². The normalized spacial score (nSPS) is 29.0. The predicted molar refractivity (Wildman–Crippen MR) is 234 cm³/mol. The lowest BCUT2D eigenvalue weighted by Gasteiger charge is -2.58. The van der Waals surface area contributed by atoms with Gasteiger partial charge in [0.25, 0.3) is 0 Å². The summed E-state index contributed by atoms with van der Waals surface area (Å²) in [5, 5.41) is 7.03. The van der Waals surface area contributed by atoms with E-state index in [4.69, 9.17) is 0 Å². The van der Waals surface area contributed by atoms with Crippen molar-refractivity contribution >= 4 is 55.4 Å². The lowest BCUT2D eigenvalue weighted by atomic mass is 9.28. The molecule has 4 heterocycles. The summed E-state index contributed by atoms with van der Waals surface area (Å²) in [6, 6.07) is 16.2. The number of fused-ring (bicyclic) bond motifs is 11. The molecular weight excluding hydrogens is 671 g/mol. The Hall–Kier alpha value is -3.24. The highest BCUT2D eigenvalue weighted by molar-refractivity contribution is 7.25. The third-order valence-corrected chi connectivity index (χ3v) is 17.7. The van der Waals surface area contributed by atoms with Gasteiger partial charge in [-0.25, -0.2) is 0 Å². The second-order valence-electron chi connectivity index (χ2n) is 22.3. The van der Waals surface area contributed by atoms with Crippen molar-refractivity contribution in [1.82, 2.24) is 0 Å². The van der Waals surface area contributed by atoms with Gasteiger partial charge in [0.2, 0.25) is 6.71 Å². The van der Waals surface area contributed by atoms with Crippen LogP contribution in [0.1, 0.15) is 161 Å². The molecule has 4 aromatic rings. The van der Waals surface area contributed by atoms with Crippen molar-refractivity contribution < 1.29 is 0 Å². The molecule has 0 amide bonds. The van der Waals surface area contributed by atoms with Gasteiger partial charge in [-0.05, 0) is 152 Å². The van der Waals surface area contributed by atoms with Crippen LogP contribution in [0, 0.1) is 0 Å². The van der Waals surface area contributed by atoms with Crippen molar-refractivity contribution in [3.8, 4) is 0 Å². The van der Waals surface area contributed by atoms with E-state index in [0.717, 1.165) is 0 Å². The minimum absolute atomic E-state index is 0.0329. The second kappa shape index (κ2) is 10.0. The summed E-state index contributed by atoms with van der Waals surface area (Å²) in [6.07, 6.45) is 12.5. The van der Waals surface area contributed by atoms with E-state index in [2.05, 4.69) is 142 Å². The van der Waals surface area contributed by atoms with Crippen LogP contribution in [0.25, 0.3) is 10.1 Å². The molecule has 54 heavy (non-hydrogen) atoms. The third-order valence-electron chi connectivity index (χ3n) is 16.6. The Balaban J connectivity index is 1.24. The van der Waals surface area contributed by atoms with Crippen LogP contribution in [0.5, 0.6) is 0 Å². The Morgan fingerprint density at radius 3 is 1.91 bits per heavy atom. The van der Waals surface area contributed by atoms with E-state index < -0.39 is 0 Å². The predicted octanol–water partition coefficient (Wildman–Crippen LogP) is 12.1. The number of hydrogen-bond acceptors (Lipinski definition) is 3. The molecule has 0 saturated carbocycles. The van der Waals surface area contributed by atoms with Crippen molar-refractivity contribution in [2.45, 2.75) is 166 Å². The number of thiophene rings is 1. The van der Waals surface area contributed by atoms with Gasteiger partial charge in [0, 0.05) is 33.0 Å². The molecule has 2 nitrogen and oxygen atoms in total. The van der Waals surface area contributed by atoms with Gasteiger partial charge >= 0.3 is 0 Å². The zero-order valence-corrected chi connectivity index (χ0v) is 35.8. The van der Waals surface area contributed by atoms with E-state index in [-0.39, 0.29) is 38.5 Å². The molecule has 11 rings (SSSR count). The number of nitrogens with zero attached hydrogens (tertiary/aromatic N) is 1. The number of anilines is 3. The molecule has 3 aromatic carbocycles. The molecule has 0 spiro atoms. The van der Waals surface area contributed by atoms with E-state index >= 15 is 0 Å². The Kier molecular flexibility index (Phi) is 6.31. The van der Waals surface area contributed by atoms with Crippen molar-refractivity contribution in [3.63, 3.8) is 0 Å². The van der Waals surface area contributed by atoms with Gasteiger partial charge in [-0.15, -0.1) is 11.3 Å². The first-order valence-corrected chi connectivity index (χ1v) is 22.0. The third kappa shape index (κ3) is 4.10. The minimum Gasteiger partial charge on any atom is -0.351 e. The highest BCUT2D eigenvalue weighted by atomic mass is 32.1. The molecule has 0 radical (unpaired) electrons. The topological polar surface area (TPSA) is 15.3 Å².